The Hall–Kier alpha value is -4.08. The highest BCUT2D eigenvalue weighted by molar-refractivity contribution is 5.99. The Morgan fingerprint density at radius 2 is 1.83 bits per heavy atom. The topological polar surface area (TPSA) is 105 Å². The van der Waals surface area contributed by atoms with Gasteiger partial charge in [0, 0.05) is 32.8 Å². The van der Waals surface area contributed by atoms with Gasteiger partial charge in [-0.25, -0.2) is 9.78 Å². The Balaban J connectivity index is 1.56. The molecule has 1 fully saturated rings. The number of aromatic nitrogens is 2. The minimum absolute atomic E-state index is 0.215. The maximum absolute atomic E-state index is 13.7. The van der Waals surface area contributed by atoms with E-state index in [1.165, 1.54) is 4.90 Å². The number of ether oxygens (including phenoxy) is 2. The molecule has 0 bridgehead atoms. The van der Waals surface area contributed by atoms with Crippen molar-refractivity contribution in [2.75, 3.05) is 31.6 Å². The van der Waals surface area contributed by atoms with Crippen LogP contribution in [0.4, 0.5) is 10.6 Å². The summed E-state index contributed by atoms with van der Waals surface area (Å²) < 4.78 is 13.1. The van der Waals surface area contributed by atoms with E-state index in [0.29, 0.717) is 22.8 Å². The second-order valence-electron chi connectivity index (χ2n) is 9.49. The smallest absolute Gasteiger partial charge is 0.411 e. The number of nitrogens with zero attached hydrogens (tertiary/aromatic N) is 4. The Labute approximate surface area is 209 Å². The molecule has 190 valence electrons. The Bertz CT molecular complexity index is 1250. The third-order valence-corrected chi connectivity index (χ3v) is 5.73. The summed E-state index contributed by atoms with van der Waals surface area (Å²) in [5.74, 6) is 0.659. The molecule has 1 N–H and O–H groups in total. The summed E-state index contributed by atoms with van der Waals surface area (Å²) in [7, 11) is 1.57. The molecule has 4 rings (SSSR count). The lowest BCUT2D eigenvalue weighted by molar-refractivity contribution is -0.126. The largest absolute Gasteiger partial charge is 0.494 e. The molecule has 2 aromatic heterocycles. The van der Waals surface area contributed by atoms with Crippen LogP contribution in [-0.2, 0) is 9.53 Å². The number of amides is 3. The molecule has 3 amide bonds. The van der Waals surface area contributed by atoms with E-state index in [-0.39, 0.29) is 37.9 Å². The van der Waals surface area contributed by atoms with Crippen molar-refractivity contribution in [2.45, 2.75) is 38.8 Å². The number of rotatable bonds is 6. The number of piperazine rings is 1. The maximum Gasteiger partial charge on any atom is 0.411 e. The van der Waals surface area contributed by atoms with Crippen molar-refractivity contribution in [3.63, 3.8) is 0 Å². The van der Waals surface area contributed by atoms with Crippen molar-refractivity contribution in [3.05, 3.63) is 60.4 Å². The van der Waals surface area contributed by atoms with Crippen LogP contribution in [0.15, 0.2) is 54.9 Å². The third kappa shape index (κ3) is 5.59. The number of imidazole rings is 1. The fraction of sp³-hybridized carbons (Fsp3) is 0.385. The van der Waals surface area contributed by atoms with Gasteiger partial charge in [-0.15, -0.1) is 0 Å². The minimum atomic E-state index is -0.774. The molecule has 1 saturated heterocycles. The van der Waals surface area contributed by atoms with Crippen molar-refractivity contribution >= 4 is 29.4 Å². The van der Waals surface area contributed by atoms with Gasteiger partial charge in [0.1, 0.15) is 23.0 Å². The quantitative estimate of drug-likeness (QED) is 0.566. The maximum atomic E-state index is 13.7. The van der Waals surface area contributed by atoms with Gasteiger partial charge >= 0.3 is 6.09 Å². The average Bonchev–Trinajstić information content (AvgIpc) is 3.27. The van der Waals surface area contributed by atoms with Crippen LogP contribution in [0.1, 0.15) is 37.6 Å². The highest BCUT2D eigenvalue weighted by Crippen LogP contribution is 2.24. The monoisotopic (exact) mass is 493 g/mol. The number of nitrogens with one attached hydrogen (secondary N) is 1. The molecule has 36 heavy (non-hydrogen) atoms. The second kappa shape index (κ2) is 10.3. The summed E-state index contributed by atoms with van der Waals surface area (Å²) in [4.78, 5) is 46.2. The zero-order valence-electron chi connectivity index (χ0n) is 20.9. The van der Waals surface area contributed by atoms with Gasteiger partial charge in [-0.2, -0.15) is 0 Å². The van der Waals surface area contributed by atoms with Crippen LogP contribution in [0.25, 0.3) is 5.65 Å². The van der Waals surface area contributed by atoms with Crippen molar-refractivity contribution in [2.24, 2.45) is 0 Å². The fourth-order valence-electron chi connectivity index (χ4n) is 4.03. The first-order chi connectivity index (χ1) is 17.2. The number of carbonyl (C=O) groups is 3. The molecule has 0 saturated carbocycles. The van der Waals surface area contributed by atoms with Crippen molar-refractivity contribution in [1.29, 1.82) is 0 Å². The van der Waals surface area contributed by atoms with E-state index in [2.05, 4.69) is 10.3 Å². The average molecular weight is 494 g/mol. The van der Waals surface area contributed by atoms with E-state index in [1.54, 1.807) is 61.6 Å². The predicted molar refractivity (Wildman–Crippen MR) is 134 cm³/mol. The lowest BCUT2D eigenvalue weighted by Gasteiger charge is -2.40. The van der Waals surface area contributed by atoms with E-state index in [1.807, 2.05) is 30.3 Å². The van der Waals surface area contributed by atoms with Crippen LogP contribution in [0.3, 0.4) is 0 Å². The molecule has 3 aromatic rings. The van der Waals surface area contributed by atoms with Crippen molar-refractivity contribution in [1.82, 2.24) is 19.6 Å². The van der Waals surface area contributed by atoms with E-state index < -0.39 is 17.7 Å². The highest BCUT2D eigenvalue weighted by Gasteiger charge is 2.40. The van der Waals surface area contributed by atoms with Crippen LogP contribution in [0.5, 0.6) is 5.75 Å². The molecule has 0 spiro atoms. The standard InChI is InChI=1S/C26H31N5O5/c1-26(2,3)36-25(34)30-13-14-31(24(33)20(30)12-15-35-19-8-6-5-7-9-19)22-17-29-16-18(23(32)27-4)10-11-21(29)28-22/h5-11,16-17,20H,12-15H2,1-4H3,(H,27,32). The van der Waals surface area contributed by atoms with E-state index >= 15 is 0 Å². The van der Waals surface area contributed by atoms with Crippen molar-refractivity contribution in [3.8, 4) is 5.75 Å². The first kappa shape index (κ1) is 25.0. The summed E-state index contributed by atoms with van der Waals surface area (Å²) in [5.41, 5.74) is 0.391. The van der Waals surface area contributed by atoms with E-state index in [4.69, 9.17) is 9.47 Å². The third-order valence-electron chi connectivity index (χ3n) is 5.73. The molecular weight excluding hydrogens is 462 g/mol. The number of pyridine rings is 1. The van der Waals surface area contributed by atoms with Gasteiger partial charge in [0.25, 0.3) is 11.8 Å². The van der Waals surface area contributed by atoms with Crippen LogP contribution >= 0.6 is 0 Å². The summed E-state index contributed by atoms with van der Waals surface area (Å²) in [6.07, 6.45) is 3.13. The zero-order valence-corrected chi connectivity index (χ0v) is 20.9. The second-order valence-corrected chi connectivity index (χ2v) is 9.49. The Morgan fingerprint density at radius 3 is 2.53 bits per heavy atom. The van der Waals surface area contributed by atoms with E-state index in [0.717, 1.165) is 0 Å². The van der Waals surface area contributed by atoms with Crippen LogP contribution in [0, 0.1) is 0 Å². The number of hydrogen-bond donors (Lipinski definition) is 1. The first-order valence-corrected chi connectivity index (χ1v) is 11.9. The molecular formula is C26H31N5O5. The number of carbonyl (C=O) groups excluding carboxylic acids is 3. The lowest BCUT2D eigenvalue weighted by Crippen LogP contribution is -2.60. The first-order valence-electron chi connectivity index (χ1n) is 11.9. The van der Waals surface area contributed by atoms with Crippen molar-refractivity contribution < 1.29 is 23.9 Å². The zero-order chi connectivity index (χ0) is 25.9. The Kier molecular flexibility index (Phi) is 7.14. The number of fused-ring (bicyclic) bond motifs is 1. The van der Waals surface area contributed by atoms with Gasteiger partial charge in [0.15, 0.2) is 5.82 Å². The minimum Gasteiger partial charge on any atom is -0.494 e. The van der Waals surface area contributed by atoms with Gasteiger partial charge in [-0.1, -0.05) is 18.2 Å². The van der Waals surface area contributed by atoms with Gasteiger partial charge in [-0.05, 0) is 45.0 Å². The molecule has 0 radical (unpaired) electrons. The van der Waals surface area contributed by atoms with Gasteiger partial charge in [0.05, 0.1) is 18.4 Å². The highest BCUT2D eigenvalue weighted by atomic mass is 16.6. The lowest BCUT2D eigenvalue weighted by atomic mass is 10.1. The summed E-state index contributed by atoms with van der Waals surface area (Å²) in [6, 6.07) is 11.9. The van der Waals surface area contributed by atoms with Gasteiger partial charge < -0.3 is 19.2 Å². The van der Waals surface area contributed by atoms with Crippen LogP contribution < -0.4 is 15.0 Å². The number of anilines is 1. The molecule has 3 heterocycles. The number of hydrogen-bond acceptors (Lipinski definition) is 6. The summed E-state index contributed by atoms with van der Waals surface area (Å²) >= 11 is 0. The molecule has 1 aliphatic heterocycles. The fourth-order valence-corrected chi connectivity index (χ4v) is 4.03. The molecule has 1 aliphatic rings. The molecule has 1 aromatic carbocycles. The molecule has 10 nitrogen and oxygen atoms in total. The molecule has 10 heteroatoms. The van der Waals surface area contributed by atoms with Gasteiger partial charge in [-0.3, -0.25) is 19.4 Å². The van der Waals surface area contributed by atoms with Crippen LogP contribution in [-0.4, -0.2) is 70.6 Å². The number of benzene rings is 1. The van der Waals surface area contributed by atoms with Gasteiger partial charge in [0.2, 0.25) is 0 Å². The van der Waals surface area contributed by atoms with Crippen LogP contribution in [0.2, 0.25) is 0 Å². The SMILES string of the molecule is CNC(=O)c1ccc2nc(N3CCN(C(=O)OC(C)(C)C)C(CCOc4ccccc4)C3=O)cn2c1. The summed E-state index contributed by atoms with van der Waals surface area (Å²) in [6.45, 7) is 6.17. The summed E-state index contributed by atoms with van der Waals surface area (Å²) in [5, 5.41) is 2.59. The van der Waals surface area contributed by atoms with E-state index in [9.17, 15) is 14.4 Å². The molecule has 1 atom stereocenters. The predicted octanol–water partition coefficient (Wildman–Crippen LogP) is 3.12. The molecule has 1 unspecified atom stereocenters. The number of para-hydroxylation sites is 1. The molecule has 0 aliphatic carbocycles. The normalized spacial score (nSPS) is 16.2. The Morgan fingerprint density at radius 1 is 1.08 bits per heavy atom.